The highest BCUT2D eigenvalue weighted by Crippen LogP contribution is 2.37. The molecule has 1 fully saturated rings. The van der Waals surface area contributed by atoms with Crippen LogP contribution in [0.15, 0.2) is 0 Å². The fourth-order valence-corrected chi connectivity index (χ4v) is 2.33. The van der Waals surface area contributed by atoms with Gasteiger partial charge in [-0.1, -0.05) is 14.4 Å². The van der Waals surface area contributed by atoms with Gasteiger partial charge in [-0.25, -0.2) is 4.39 Å². The number of hydrogen-bond donors (Lipinski definition) is 2. The van der Waals surface area contributed by atoms with E-state index in [1.807, 2.05) is 41.5 Å². The molecule has 0 spiro atoms. The lowest BCUT2D eigenvalue weighted by molar-refractivity contribution is -0.125. The molecule has 138 valence electrons. The van der Waals surface area contributed by atoms with Crippen LogP contribution in [0.2, 0.25) is 0 Å². The van der Waals surface area contributed by atoms with Gasteiger partial charge < -0.3 is 10.6 Å². The summed E-state index contributed by atoms with van der Waals surface area (Å²) < 4.78 is 13.4. The number of amides is 2. The normalized spacial score (nSPS) is 23.4. The van der Waals surface area contributed by atoms with Crippen molar-refractivity contribution in [2.45, 2.75) is 98.8 Å². The smallest absolute Gasteiger partial charge is 0.223 e. The topological polar surface area (TPSA) is 58.2 Å². The van der Waals surface area contributed by atoms with E-state index in [0.29, 0.717) is 25.7 Å². The van der Waals surface area contributed by atoms with Gasteiger partial charge in [-0.05, 0) is 60.8 Å². The van der Waals surface area contributed by atoms with Crippen LogP contribution in [0.1, 0.15) is 81.6 Å². The summed E-state index contributed by atoms with van der Waals surface area (Å²) in [7, 11) is 0. The average molecular weight is 333 g/mol. The number of carbonyl (C=O) groups excluding carboxylic acids is 2. The maximum atomic E-state index is 13.4. The zero-order valence-corrected chi connectivity index (χ0v) is 15.2. The van der Waals surface area contributed by atoms with Crippen LogP contribution in [-0.2, 0) is 9.59 Å². The summed E-state index contributed by atoms with van der Waals surface area (Å²) in [6.07, 6.45) is 2.15. The lowest BCUT2D eigenvalue weighted by atomic mass is 10.0. The van der Waals surface area contributed by atoms with E-state index >= 15 is 0 Å². The lowest BCUT2D eigenvalue weighted by Crippen LogP contribution is -2.40. The van der Waals surface area contributed by atoms with Crippen LogP contribution in [0, 0.1) is 5.92 Å². The fourth-order valence-electron chi connectivity index (χ4n) is 2.33. The highest BCUT2D eigenvalue weighted by atomic mass is 19.1. The minimum atomic E-state index is -1.13. The number of halogens is 1. The van der Waals surface area contributed by atoms with E-state index < -0.39 is 5.67 Å². The van der Waals surface area contributed by atoms with E-state index in [2.05, 4.69) is 10.6 Å². The summed E-state index contributed by atoms with van der Waals surface area (Å²) in [6, 6.07) is 0.152. The Bertz CT molecular complexity index is 374. The van der Waals surface area contributed by atoms with Crippen LogP contribution < -0.4 is 10.6 Å². The Morgan fingerprint density at radius 2 is 1.83 bits per heavy atom. The van der Waals surface area contributed by atoms with E-state index in [9.17, 15) is 14.0 Å². The van der Waals surface area contributed by atoms with Crippen molar-refractivity contribution in [2.24, 2.45) is 5.92 Å². The number of alkyl halides is 1. The van der Waals surface area contributed by atoms with Crippen LogP contribution in [0.25, 0.3) is 0 Å². The zero-order chi connectivity index (χ0) is 17.6. The predicted molar refractivity (Wildman–Crippen MR) is 95.1 cm³/mol. The predicted octanol–water partition coefficient (Wildman–Crippen LogP) is 3.99. The Morgan fingerprint density at radius 3 is 2.09 bits per heavy atom. The molecule has 0 bridgehead atoms. The molecule has 2 unspecified atom stereocenters. The van der Waals surface area contributed by atoms with Gasteiger partial charge in [-0.2, -0.15) is 0 Å². The van der Waals surface area contributed by atoms with E-state index in [1.54, 1.807) is 6.92 Å². The fraction of sp³-hybridized carbons (Fsp3) is 0.889. The number of hydrogen-bond acceptors (Lipinski definition) is 2. The summed E-state index contributed by atoms with van der Waals surface area (Å²) in [4.78, 5) is 22.2. The maximum absolute atomic E-state index is 13.4. The summed E-state index contributed by atoms with van der Waals surface area (Å²) in [6.45, 7) is 13.2. The maximum Gasteiger partial charge on any atom is 0.223 e. The molecule has 1 aliphatic carbocycles. The Balaban J connectivity index is 0. The Kier molecular flexibility index (Phi) is 10.4. The van der Waals surface area contributed by atoms with Gasteiger partial charge in [0.05, 0.1) is 0 Å². The van der Waals surface area contributed by atoms with E-state index in [-0.39, 0.29) is 36.7 Å². The van der Waals surface area contributed by atoms with Gasteiger partial charge in [-0.15, -0.1) is 0 Å². The highest BCUT2D eigenvalue weighted by molar-refractivity contribution is 5.79. The molecule has 0 radical (unpaired) electrons. The third kappa shape index (κ3) is 12.0. The van der Waals surface area contributed by atoms with Crippen LogP contribution in [0.3, 0.4) is 0 Å². The minimum absolute atomic E-state index is 0. The first-order valence-electron chi connectivity index (χ1n) is 8.16. The minimum Gasteiger partial charge on any atom is -0.354 e. The molecule has 5 heteroatoms. The molecule has 2 N–H and O–H groups in total. The summed E-state index contributed by atoms with van der Waals surface area (Å²) in [5.41, 5.74) is -1.20. The quantitative estimate of drug-likeness (QED) is 0.821. The summed E-state index contributed by atoms with van der Waals surface area (Å²) in [5.74, 6) is 0.0104. The average Bonchev–Trinajstić information content (AvgIpc) is 2.67. The van der Waals surface area contributed by atoms with Gasteiger partial charge in [-0.3, -0.25) is 9.59 Å². The molecule has 2 atom stereocenters. The van der Waals surface area contributed by atoms with E-state index in [4.69, 9.17) is 0 Å². The van der Waals surface area contributed by atoms with Crippen molar-refractivity contribution in [1.29, 1.82) is 0 Å². The number of rotatable bonds is 3. The molecule has 4 nitrogen and oxygen atoms in total. The van der Waals surface area contributed by atoms with Crippen molar-refractivity contribution in [2.75, 3.05) is 0 Å². The summed E-state index contributed by atoms with van der Waals surface area (Å²) >= 11 is 0. The van der Waals surface area contributed by atoms with Crippen LogP contribution in [0.4, 0.5) is 4.39 Å². The Labute approximate surface area is 142 Å². The molecule has 1 saturated carbocycles. The van der Waals surface area contributed by atoms with Gasteiger partial charge in [0.15, 0.2) is 0 Å². The molecule has 1 rings (SSSR count). The molecule has 0 aromatic heterocycles. The Hall–Kier alpha value is -1.13. The number of nitrogens with one attached hydrogen (secondary N) is 2. The molecule has 0 aliphatic heterocycles. The van der Waals surface area contributed by atoms with Crippen LogP contribution in [0.5, 0.6) is 0 Å². The SMILES string of the molecule is C.CC(C)NC(=O)C1CCC(C)(F)C1.CCC(=O)NC(C)(C)C. The van der Waals surface area contributed by atoms with Crippen molar-refractivity contribution in [1.82, 2.24) is 10.6 Å². The van der Waals surface area contributed by atoms with Gasteiger partial charge in [0.25, 0.3) is 0 Å². The second-order valence-electron chi connectivity index (χ2n) is 7.67. The highest BCUT2D eigenvalue weighted by Gasteiger charge is 2.38. The van der Waals surface area contributed by atoms with Crippen LogP contribution in [-0.4, -0.2) is 29.1 Å². The van der Waals surface area contributed by atoms with Gasteiger partial charge in [0.1, 0.15) is 5.67 Å². The number of carbonyl (C=O) groups is 2. The van der Waals surface area contributed by atoms with E-state index in [0.717, 1.165) is 0 Å². The van der Waals surface area contributed by atoms with E-state index in [1.165, 1.54) is 0 Å². The van der Waals surface area contributed by atoms with Crippen LogP contribution >= 0.6 is 0 Å². The first kappa shape index (κ1) is 24.1. The molecule has 23 heavy (non-hydrogen) atoms. The molecule has 0 aromatic carbocycles. The summed E-state index contributed by atoms with van der Waals surface area (Å²) in [5, 5.41) is 5.65. The molecule has 2 amide bonds. The third-order valence-corrected chi connectivity index (χ3v) is 3.32. The lowest BCUT2D eigenvalue weighted by Gasteiger charge is -2.19. The largest absolute Gasteiger partial charge is 0.354 e. The van der Waals surface area contributed by atoms with Crippen molar-refractivity contribution in [3.8, 4) is 0 Å². The van der Waals surface area contributed by atoms with Crippen molar-refractivity contribution in [3.63, 3.8) is 0 Å². The monoisotopic (exact) mass is 332 g/mol. The molecule has 0 aromatic rings. The molecular formula is C18H37FN2O2. The first-order valence-corrected chi connectivity index (χ1v) is 8.16. The Morgan fingerprint density at radius 1 is 1.30 bits per heavy atom. The van der Waals surface area contributed by atoms with Crippen molar-refractivity contribution < 1.29 is 14.0 Å². The second-order valence-corrected chi connectivity index (χ2v) is 7.67. The first-order chi connectivity index (χ1) is 9.86. The van der Waals surface area contributed by atoms with Gasteiger partial charge in [0.2, 0.25) is 11.8 Å². The van der Waals surface area contributed by atoms with Crippen molar-refractivity contribution in [3.05, 3.63) is 0 Å². The third-order valence-electron chi connectivity index (χ3n) is 3.32. The molecule has 1 aliphatic rings. The van der Waals surface area contributed by atoms with Gasteiger partial charge in [0, 0.05) is 23.9 Å². The zero-order valence-electron chi connectivity index (χ0n) is 15.2. The molecule has 0 saturated heterocycles. The molecular weight excluding hydrogens is 295 g/mol. The van der Waals surface area contributed by atoms with Gasteiger partial charge >= 0.3 is 0 Å². The standard InChI is InChI=1S/C10H18FNO.C7H15NO.CH4/c1-7(2)12-9(13)8-4-5-10(3,11)6-8;1-5-6(9)8-7(2,3)4;/h7-8H,4-6H2,1-3H3,(H,12,13);5H2,1-4H3,(H,8,9);1H4. The second kappa shape index (κ2) is 9.89. The molecule has 0 heterocycles. The van der Waals surface area contributed by atoms with Crippen molar-refractivity contribution >= 4 is 11.8 Å².